The molecule has 2 aromatic carbocycles. The van der Waals surface area contributed by atoms with Gasteiger partial charge in [0.15, 0.2) is 0 Å². The van der Waals surface area contributed by atoms with Crippen molar-refractivity contribution in [3.8, 4) is 0 Å². The summed E-state index contributed by atoms with van der Waals surface area (Å²) in [4.78, 5) is 11.0. The van der Waals surface area contributed by atoms with Crippen LogP contribution in [0.25, 0.3) is 27.6 Å². The molecule has 1 heterocycles. The molecular weight excluding hydrogens is 388 g/mol. The standard InChI is InChI=1S/C19H13F6NO2/c1-2-26-14-7-10(16(27)9-17(28)19(23,24)25)3-5-12(14)13-6-4-11(8-15(13)26)18(20,21)22/h3-9,27H,2H2,1H3/b16-9-. The molecule has 0 saturated carbocycles. The van der Waals surface area contributed by atoms with Gasteiger partial charge in [0.05, 0.1) is 5.56 Å². The highest BCUT2D eigenvalue weighted by Gasteiger charge is 2.37. The zero-order chi connectivity index (χ0) is 20.9. The van der Waals surface area contributed by atoms with E-state index in [1.54, 1.807) is 11.5 Å². The predicted octanol–water partition coefficient (Wildman–Crippen LogP) is 5.86. The Bertz CT molecular complexity index is 1110. The van der Waals surface area contributed by atoms with Crippen molar-refractivity contribution in [2.75, 3.05) is 0 Å². The number of alkyl halides is 6. The van der Waals surface area contributed by atoms with E-state index in [4.69, 9.17) is 0 Å². The van der Waals surface area contributed by atoms with E-state index in [9.17, 15) is 36.2 Å². The van der Waals surface area contributed by atoms with Crippen LogP contribution in [-0.2, 0) is 17.5 Å². The van der Waals surface area contributed by atoms with Crippen molar-refractivity contribution in [2.24, 2.45) is 0 Å². The number of ketones is 1. The van der Waals surface area contributed by atoms with Crippen LogP contribution in [-0.4, -0.2) is 21.6 Å². The number of hydrogen-bond donors (Lipinski definition) is 1. The van der Waals surface area contributed by atoms with Crippen molar-refractivity contribution in [1.29, 1.82) is 0 Å². The number of carbonyl (C=O) groups excluding carboxylic acids is 1. The molecule has 0 radical (unpaired) electrons. The molecular formula is C19H13F6NO2. The molecule has 3 nitrogen and oxygen atoms in total. The Labute approximate surface area is 154 Å². The number of fused-ring (bicyclic) bond motifs is 3. The highest BCUT2D eigenvalue weighted by molar-refractivity contribution is 6.09. The number of nitrogens with zero attached hydrogens (tertiary/aromatic N) is 1. The number of hydrogen-bond acceptors (Lipinski definition) is 2. The second-order valence-corrected chi connectivity index (χ2v) is 6.10. The number of carbonyl (C=O) groups is 1. The second kappa shape index (κ2) is 6.57. The van der Waals surface area contributed by atoms with Gasteiger partial charge < -0.3 is 9.67 Å². The van der Waals surface area contributed by atoms with Gasteiger partial charge in [0.25, 0.3) is 5.78 Å². The molecule has 148 valence electrons. The summed E-state index contributed by atoms with van der Waals surface area (Å²) in [5.41, 5.74) is -0.150. The third-order valence-corrected chi connectivity index (χ3v) is 4.35. The number of allylic oxidation sites excluding steroid dienone is 1. The lowest BCUT2D eigenvalue weighted by atomic mass is 10.1. The molecule has 0 atom stereocenters. The minimum Gasteiger partial charge on any atom is -0.507 e. The van der Waals surface area contributed by atoms with E-state index < -0.39 is 29.5 Å². The zero-order valence-electron chi connectivity index (χ0n) is 14.3. The Kier molecular flexibility index (Phi) is 4.64. The van der Waals surface area contributed by atoms with Crippen LogP contribution >= 0.6 is 0 Å². The summed E-state index contributed by atoms with van der Waals surface area (Å²) in [5.74, 6) is -3.09. The summed E-state index contributed by atoms with van der Waals surface area (Å²) >= 11 is 0. The van der Waals surface area contributed by atoms with Gasteiger partial charge in [0.2, 0.25) is 0 Å². The van der Waals surface area contributed by atoms with Crippen molar-refractivity contribution in [2.45, 2.75) is 25.8 Å². The first kappa shape index (κ1) is 19.8. The quantitative estimate of drug-likeness (QED) is 0.339. The molecule has 0 fully saturated rings. The largest absolute Gasteiger partial charge is 0.507 e. The van der Waals surface area contributed by atoms with Gasteiger partial charge in [-0.2, -0.15) is 26.3 Å². The first-order valence-corrected chi connectivity index (χ1v) is 8.09. The van der Waals surface area contributed by atoms with Crippen LogP contribution in [0.3, 0.4) is 0 Å². The molecule has 28 heavy (non-hydrogen) atoms. The summed E-state index contributed by atoms with van der Waals surface area (Å²) < 4.78 is 77.7. The first-order chi connectivity index (χ1) is 12.9. The number of aryl methyl sites for hydroxylation is 1. The van der Waals surface area contributed by atoms with Gasteiger partial charge in [-0.15, -0.1) is 0 Å². The van der Waals surface area contributed by atoms with Crippen LogP contribution in [0, 0.1) is 0 Å². The van der Waals surface area contributed by atoms with Crippen LogP contribution in [0.1, 0.15) is 18.1 Å². The summed E-state index contributed by atoms with van der Waals surface area (Å²) in [6, 6.07) is 7.40. The third-order valence-electron chi connectivity index (χ3n) is 4.35. The van der Waals surface area contributed by atoms with Crippen molar-refractivity contribution < 1.29 is 36.2 Å². The highest BCUT2D eigenvalue weighted by Crippen LogP contribution is 2.36. The molecule has 1 N–H and O–H groups in total. The molecule has 3 aromatic rings. The molecule has 0 bridgehead atoms. The van der Waals surface area contributed by atoms with Gasteiger partial charge in [-0.3, -0.25) is 4.79 Å². The monoisotopic (exact) mass is 401 g/mol. The molecule has 0 aliphatic heterocycles. The fourth-order valence-corrected chi connectivity index (χ4v) is 3.06. The SMILES string of the molecule is CCn1c2cc(/C(O)=C/C(=O)C(F)(F)F)ccc2c2ccc(C(F)(F)F)cc21. The average Bonchev–Trinajstić information content (AvgIpc) is 2.92. The van der Waals surface area contributed by atoms with Crippen molar-refractivity contribution in [1.82, 2.24) is 4.57 Å². The normalized spacial score (nSPS) is 13.5. The van der Waals surface area contributed by atoms with Gasteiger partial charge in [0.1, 0.15) is 5.76 Å². The van der Waals surface area contributed by atoms with Gasteiger partial charge in [-0.1, -0.05) is 18.2 Å². The Morgan fingerprint density at radius 3 is 2.11 bits per heavy atom. The van der Waals surface area contributed by atoms with Crippen molar-refractivity contribution in [3.63, 3.8) is 0 Å². The van der Waals surface area contributed by atoms with Crippen LogP contribution < -0.4 is 0 Å². The molecule has 0 saturated heterocycles. The second-order valence-electron chi connectivity index (χ2n) is 6.10. The number of aliphatic hydroxyl groups is 1. The highest BCUT2D eigenvalue weighted by atomic mass is 19.4. The summed E-state index contributed by atoms with van der Waals surface area (Å²) in [7, 11) is 0. The minimum atomic E-state index is -5.12. The molecule has 0 aliphatic rings. The van der Waals surface area contributed by atoms with Crippen molar-refractivity contribution >= 4 is 33.3 Å². The third kappa shape index (κ3) is 3.44. The van der Waals surface area contributed by atoms with Crippen LogP contribution in [0.15, 0.2) is 42.5 Å². The van der Waals surface area contributed by atoms with Gasteiger partial charge in [-0.25, -0.2) is 0 Å². The first-order valence-electron chi connectivity index (χ1n) is 8.09. The smallest absolute Gasteiger partial charge is 0.454 e. The maximum absolute atomic E-state index is 13.0. The lowest BCUT2D eigenvalue weighted by molar-refractivity contribution is -0.165. The lowest BCUT2D eigenvalue weighted by Crippen LogP contribution is -2.20. The lowest BCUT2D eigenvalue weighted by Gasteiger charge is -2.08. The van der Waals surface area contributed by atoms with E-state index in [1.165, 1.54) is 24.3 Å². The molecule has 1 aromatic heterocycles. The van der Waals surface area contributed by atoms with E-state index in [2.05, 4.69) is 0 Å². The predicted molar refractivity (Wildman–Crippen MR) is 91.8 cm³/mol. The Morgan fingerprint density at radius 2 is 1.57 bits per heavy atom. The molecule has 0 spiro atoms. The Balaban J connectivity index is 2.20. The van der Waals surface area contributed by atoms with E-state index in [-0.39, 0.29) is 18.2 Å². The molecule has 0 amide bonds. The van der Waals surface area contributed by atoms with Crippen LogP contribution in [0.5, 0.6) is 0 Å². The maximum Gasteiger partial charge on any atom is 0.454 e. The molecule has 0 aliphatic carbocycles. The molecule has 0 unspecified atom stereocenters. The number of aliphatic hydroxyl groups excluding tert-OH is 1. The van der Waals surface area contributed by atoms with E-state index in [1.807, 2.05) is 0 Å². The topological polar surface area (TPSA) is 42.2 Å². The minimum absolute atomic E-state index is 0.0568. The Morgan fingerprint density at radius 1 is 1.00 bits per heavy atom. The molecule has 9 heteroatoms. The van der Waals surface area contributed by atoms with Gasteiger partial charge in [-0.05, 0) is 25.1 Å². The van der Waals surface area contributed by atoms with Gasteiger partial charge in [0, 0.05) is 40.0 Å². The summed E-state index contributed by atoms with van der Waals surface area (Å²) in [6.07, 6.45) is -9.57. The number of halogens is 6. The number of rotatable bonds is 3. The summed E-state index contributed by atoms with van der Waals surface area (Å²) in [5, 5.41) is 11.0. The Hall–Kier alpha value is -2.97. The van der Waals surface area contributed by atoms with Crippen LogP contribution in [0.2, 0.25) is 0 Å². The number of aromatic nitrogens is 1. The maximum atomic E-state index is 13.0. The van der Waals surface area contributed by atoms with Crippen molar-refractivity contribution in [3.05, 3.63) is 53.6 Å². The number of benzene rings is 2. The zero-order valence-corrected chi connectivity index (χ0v) is 14.3. The van der Waals surface area contributed by atoms with E-state index >= 15 is 0 Å². The van der Waals surface area contributed by atoms with Gasteiger partial charge >= 0.3 is 12.4 Å². The fraction of sp³-hybridized carbons (Fsp3) is 0.211. The van der Waals surface area contributed by atoms with E-state index in [0.717, 1.165) is 12.1 Å². The van der Waals surface area contributed by atoms with Crippen LogP contribution in [0.4, 0.5) is 26.3 Å². The van der Waals surface area contributed by atoms with E-state index in [0.29, 0.717) is 21.8 Å². The molecule has 3 rings (SSSR count). The fourth-order valence-electron chi connectivity index (χ4n) is 3.06. The summed E-state index contributed by atoms with van der Waals surface area (Å²) in [6.45, 7) is 1.99. The average molecular weight is 401 g/mol.